The van der Waals surface area contributed by atoms with Crippen LogP contribution in [0.25, 0.3) is 0 Å². The Hall–Kier alpha value is -2.29. The Morgan fingerprint density at radius 2 is 1.75 bits per heavy atom. The number of ketones is 1. The predicted molar refractivity (Wildman–Crippen MR) is 81.8 cm³/mol. The fraction of sp³-hybridized carbons (Fsp3) is 0.235. The van der Waals surface area contributed by atoms with Gasteiger partial charge in [-0.15, -0.1) is 0 Å². The lowest BCUT2D eigenvalue weighted by Crippen LogP contribution is -2.10. The number of benzene rings is 2. The summed E-state index contributed by atoms with van der Waals surface area (Å²) < 4.78 is 5.38. The van der Waals surface area contributed by atoms with Crippen LogP contribution in [-0.2, 0) is 0 Å². The van der Waals surface area contributed by atoms with E-state index in [0.717, 1.165) is 11.4 Å². The monoisotopic (exact) mass is 269 g/mol. The maximum absolute atomic E-state index is 12.4. The van der Waals surface area contributed by atoms with Crippen LogP contribution in [0.2, 0.25) is 0 Å². The molecule has 0 heterocycles. The van der Waals surface area contributed by atoms with Crippen molar-refractivity contribution in [2.75, 3.05) is 25.6 Å². The fourth-order valence-corrected chi connectivity index (χ4v) is 1.96. The Morgan fingerprint density at radius 1 is 1.05 bits per heavy atom. The van der Waals surface area contributed by atoms with Crippen LogP contribution in [0.5, 0.6) is 5.75 Å². The average Bonchev–Trinajstić information content (AvgIpc) is 2.48. The lowest BCUT2D eigenvalue weighted by atomic mass is 10.0. The van der Waals surface area contributed by atoms with Crippen molar-refractivity contribution in [1.29, 1.82) is 0 Å². The highest BCUT2D eigenvalue weighted by atomic mass is 16.5. The molecule has 2 aromatic carbocycles. The molecule has 104 valence electrons. The van der Waals surface area contributed by atoms with Gasteiger partial charge in [0.25, 0.3) is 0 Å². The van der Waals surface area contributed by atoms with E-state index in [1.807, 2.05) is 62.3 Å². The summed E-state index contributed by atoms with van der Waals surface area (Å²) in [6.07, 6.45) is 0. The molecule has 0 saturated carbocycles. The van der Waals surface area contributed by atoms with Crippen molar-refractivity contribution < 1.29 is 9.53 Å². The predicted octanol–water partition coefficient (Wildman–Crippen LogP) is 3.38. The quantitative estimate of drug-likeness (QED) is 0.779. The highest BCUT2D eigenvalue weighted by Crippen LogP contribution is 2.18. The van der Waals surface area contributed by atoms with Crippen molar-refractivity contribution in [2.45, 2.75) is 6.92 Å². The number of hydrogen-bond acceptors (Lipinski definition) is 3. The first-order valence-corrected chi connectivity index (χ1v) is 6.66. The smallest absolute Gasteiger partial charge is 0.193 e. The highest BCUT2D eigenvalue weighted by molar-refractivity contribution is 6.09. The maximum atomic E-state index is 12.4. The third-order valence-electron chi connectivity index (χ3n) is 3.05. The third kappa shape index (κ3) is 3.18. The molecule has 0 aliphatic carbocycles. The Labute approximate surface area is 119 Å². The van der Waals surface area contributed by atoms with Crippen LogP contribution in [-0.4, -0.2) is 26.5 Å². The summed E-state index contributed by atoms with van der Waals surface area (Å²) in [5.74, 6) is 0.808. The second-order valence-electron chi connectivity index (χ2n) is 4.73. The molecule has 2 rings (SSSR count). The maximum Gasteiger partial charge on any atom is 0.193 e. The van der Waals surface area contributed by atoms with Crippen molar-refractivity contribution in [1.82, 2.24) is 0 Å². The van der Waals surface area contributed by atoms with Crippen LogP contribution in [0, 0.1) is 0 Å². The van der Waals surface area contributed by atoms with E-state index >= 15 is 0 Å². The molecule has 0 atom stereocenters. The molecule has 3 heteroatoms. The van der Waals surface area contributed by atoms with Crippen molar-refractivity contribution >= 4 is 11.5 Å². The van der Waals surface area contributed by atoms with Crippen LogP contribution in [0.3, 0.4) is 0 Å². The molecule has 0 saturated heterocycles. The van der Waals surface area contributed by atoms with Gasteiger partial charge in [0.1, 0.15) is 5.75 Å². The summed E-state index contributed by atoms with van der Waals surface area (Å²) in [7, 11) is 3.92. The first kappa shape index (κ1) is 14.1. The second kappa shape index (κ2) is 6.24. The number of carbonyl (C=O) groups excluding carboxylic acids is 1. The Balaban J connectivity index is 2.24. The Kier molecular flexibility index (Phi) is 4.41. The summed E-state index contributed by atoms with van der Waals surface area (Å²) in [6.45, 7) is 2.56. The van der Waals surface area contributed by atoms with Gasteiger partial charge in [-0.25, -0.2) is 0 Å². The van der Waals surface area contributed by atoms with Gasteiger partial charge < -0.3 is 9.64 Å². The van der Waals surface area contributed by atoms with Gasteiger partial charge in [-0.05, 0) is 43.3 Å². The summed E-state index contributed by atoms with van der Waals surface area (Å²) in [4.78, 5) is 14.4. The van der Waals surface area contributed by atoms with Crippen LogP contribution in [0.15, 0.2) is 48.5 Å². The summed E-state index contributed by atoms with van der Waals surface area (Å²) in [5, 5.41) is 0. The average molecular weight is 269 g/mol. The van der Waals surface area contributed by atoms with Gasteiger partial charge in [-0.2, -0.15) is 0 Å². The van der Waals surface area contributed by atoms with Gasteiger partial charge in [0.2, 0.25) is 0 Å². The van der Waals surface area contributed by atoms with E-state index in [2.05, 4.69) is 0 Å². The van der Waals surface area contributed by atoms with E-state index in [4.69, 9.17) is 4.74 Å². The zero-order chi connectivity index (χ0) is 14.5. The molecule has 20 heavy (non-hydrogen) atoms. The molecule has 0 aromatic heterocycles. The molecule has 0 unspecified atom stereocenters. The molecule has 2 aromatic rings. The van der Waals surface area contributed by atoms with Crippen molar-refractivity contribution in [3.8, 4) is 5.75 Å². The van der Waals surface area contributed by atoms with Gasteiger partial charge in [0, 0.05) is 30.9 Å². The summed E-state index contributed by atoms with van der Waals surface area (Å²) in [5.41, 5.74) is 2.38. The zero-order valence-corrected chi connectivity index (χ0v) is 12.1. The molecule has 0 aliphatic rings. The normalized spacial score (nSPS) is 10.2. The molecule has 0 amide bonds. The van der Waals surface area contributed by atoms with Crippen LogP contribution < -0.4 is 9.64 Å². The first-order valence-electron chi connectivity index (χ1n) is 6.66. The number of hydrogen-bond donors (Lipinski definition) is 0. The van der Waals surface area contributed by atoms with Gasteiger partial charge >= 0.3 is 0 Å². The lowest BCUT2D eigenvalue weighted by molar-refractivity contribution is 0.103. The molecule has 0 spiro atoms. The Morgan fingerprint density at radius 3 is 2.35 bits per heavy atom. The van der Waals surface area contributed by atoms with Crippen molar-refractivity contribution in [3.63, 3.8) is 0 Å². The topological polar surface area (TPSA) is 29.5 Å². The van der Waals surface area contributed by atoms with Crippen molar-refractivity contribution in [3.05, 3.63) is 59.7 Å². The van der Waals surface area contributed by atoms with E-state index in [1.165, 1.54) is 0 Å². The van der Waals surface area contributed by atoms with Crippen LogP contribution >= 0.6 is 0 Å². The van der Waals surface area contributed by atoms with E-state index in [9.17, 15) is 4.79 Å². The number of nitrogens with zero attached hydrogens (tertiary/aromatic N) is 1. The third-order valence-corrected chi connectivity index (χ3v) is 3.05. The number of anilines is 1. The first-order chi connectivity index (χ1) is 9.61. The molecule has 3 nitrogen and oxygen atoms in total. The van der Waals surface area contributed by atoms with Gasteiger partial charge in [0.15, 0.2) is 5.78 Å². The molecular formula is C17H19NO2. The lowest BCUT2D eigenvalue weighted by Gasteiger charge is -2.13. The number of carbonyl (C=O) groups is 1. The molecule has 0 bridgehead atoms. The number of ether oxygens (including phenoxy) is 1. The molecule has 0 aliphatic heterocycles. The largest absolute Gasteiger partial charge is 0.494 e. The molecule has 0 fully saturated rings. The summed E-state index contributed by atoms with van der Waals surface area (Å²) >= 11 is 0. The van der Waals surface area contributed by atoms with Crippen molar-refractivity contribution in [2.24, 2.45) is 0 Å². The Bertz CT molecular complexity index is 588. The minimum atomic E-state index is 0.0248. The number of rotatable bonds is 5. The van der Waals surface area contributed by atoms with E-state index < -0.39 is 0 Å². The molecule has 0 N–H and O–H groups in total. The van der Waals surface area contributed by atoms with E-state index in [-0.39, 0.29) is 5.78 Å². The van der Waals surface area contributed by atoms with Gasteiger partial charge in [0.05, 0.1) is 6.61 Å². The van der Waals surface area contributed by atoms with E-state index in [1.54, 1.807) is 12.1 Å². The zero-order valence-electron chi connectivity index (χ0n) is 12.1. The highest BCUT2D eigenvalue weighted by Gasteiger charge is 2.10. The second-order valence-corrected chi connectivity index (χ2v) is 4.73. The molecular weight excluding hydrogens is 250 g/mol. The van der Waals surface area contributed by atoms with Crippen LogP contribution in [0.4, 0.5) is 5.69 Å². The van der Waals surface area contributed by atoms with E-state index in [0.29, 0.717) is 17.7 Å². The minimum Gasteiger partial charge on any atom is -0.494 e. The summed E-state index contributed by atoms with van der Waals surface area (Å²) in [6, 6.07) is 14.9. The fourth-order valence-electron chi connectivity index (χ4n) is 1.96. The standard InChI is InChI=1S/C17H19NO2/c1-4-20-16-10-8-13(9-11-16)17(19)14-6-5-7-15(12-14)18(2)3/h5-12H,4H2,1-3H3. The van der Waals surface area contributed by atoms with Crippen LogP contribution in [0.1, 0.15) is 22.8 Å². The SMILES string of the molecule is CCOc1ccc(C(=O)c2cccc(N(C)C)c2)cc1. The van der Waals surface area contributed by atoms with Gasteiger partial charge in [-0.1, -0.05) is 12.1 Å². The van der Waals surface area contributed by atoms with Gasteiger partial charge in [-0.3, -0.25) is 4.79 Å². The molecule has 0 radical (unpaired) electrons. The minimum absolute atomic E-state index is 0.0248.